The molecule has 32 heavy (non-hydrogen) atoms. The third kappa shape index (κ3) is 4.21. The highest BCUT2D eigenvalue weighted by Gasteiger charge is 2.32. The second-order valence-corrected chi connectivity index (χ2v) is 7.61. The largest absolute Gasteiger partial charge is 0.301 e. The minimum absolute atomic E-state index is 0.0394. The Balaban J connectivity index is 1.79. The lowest BCUT2D eigenvalue weighted by Crippen LogP contribution is -2.12. The number of hydrazone groups is 1. The lowest BCUT2D eigenvalue weighted by molar-refractivity contribution is -0.393. The molecule has 1 atom stereocenters. The number of allylic oxidation sites excluding steroid dienone is 2. The van der Waals surface area contributed by atoms with Gasteiger partial charge >= 0.3 is 5.69 Å². The van der Waals surface area contributed by atoms with Crippen molar-refractivity contribution in [2.45, 2.75) is 11.8 Å². The van der Waals surface area contributed by atoms with E-state index in [4.69, 9.17) is 11.6 Å². The van der Waals surface area contributed by atoms with E-state index in [1.54, 1.807) is 0 Å². The molecule has 0 heterocycles. The van der Waals surface area contributed by atoms with Crippen molar-refractivity contribution in [3.63, 3.8) is 0 Å². The van der Waals surface area contributed by atoms with Crippen LogP contribution in [0, 0.1) is 20.2 Å². The number of nitro benzene ring substituents is 2. The third-order valence-electron chi connectivity index (χ3n) is 5.11. The summed E-state index contributed by atoms with van der Waals surface area (Å²) < 4.78 is 0. The Labute approximate surface area is 188 Å². The van der Waals surface area contributed by atoms with Crippen molar-refractivity contribution in [2.24, 2.45) is 5.10 Å². The van der Waals surface area contributed by atoms with Gasteiger partial charge in [-0.25, -0.2) is 0 Å². The molecule has 0 saturated heterocycles. The summed E-state index contributed by atoms with van der Waals surface area (Å²) in [5, 5.41) is 26.4. The fraction of sp³-hybridized carbons (Fsp3) is 0.0870. The number of anilines is 1. The summed E-state index contributed by atoms with van der Waals surface area (Å²) in [6.45, 7) is 0. The topological polar surface area (TPSA) is 111 Å². The van der Waals surface area contributed by atoms with Crippen LogP contribution >= 0.6 is 11.6 Å². The van der Waals surface area contributed by atoms with Crippen molar-refractivity contribution in [3.05, 3.63) is 110 Å². The summed E-state index contributed by atoms with van der Waals surface area (Å²) in [6, 6.07) is 22.8. The van der Waals surface area contributed by atoms with Gasteiger partial charge < -0.3 is 0 Å². The van der Waals surface area contributed by atoms with Crippen molar-refractivity contribution < 1.29 is 9.85 Å². The number of nitrogens with one attached hydrogen (secondary N) is 1. The van der Waals surface area contributed by atoms with Gasteiger partial charge in [-0.05, 0) is 29.2 Å². The Morgan fingerprint density at radius 3 is 2.09 bits per heavy atom. The number of nitro groups is 2. The van der Waals surface area contributed by atoms with Gasteiger partial charge in [0.1, 0.15) is 5.69 Å². The zero-order chi connectivity index (χ0) is 22.7. The van der Waals surface area contributed by atoms with Crippen molar-refractivity contribution in [2.75, 3.05) is 5.43 Å². The number of hydrogen-bond acceptors (Lipinski definition) is 6. The lowest BCUT2D eigenvalue weighted by atomic mass is 9.96. The first-order chi connectivity index (χ1) is 15.5. The van der Waals surface area contributed by atoms with E-state index in [0.29, 0.717) is 12.1 Å². The summed E-state index contributed by atoms with van der Waals surface area (Å²) in [5.74, 6) is 0. The molecule has 1 aliphatic carbocycles. The molecule has 0 aromatic heterocycles. The van der Waals surface area contributed by atoms with Crippen LogP contribution in [0.1, 0.15) is 17.5 Å². The second kappa shape index (κ2) is 8.99. The number of nitrogens with zero attached hydrogens (tertiary/aromatic N) is 3. The molecule has 160 valence electrons. The van der Waals surface area contributed by atoms with Crippen molar-refractivity contribution in [1.29, 1.82) is 0 Å². The fourth-order valence-corrected chi connectivity index (χ4v) is 3.96. The van der Waals surface area contributed by atoms with Crippen LogP contribution in [0.2, 0.25) is 0 Å². The van der Waals surface area contributed by atoms with Crippen LogP contribution in [0.25, 0.3) is 11.1 Å². The van der Waals surface area contributed by atoms with E-state index in [1.807, 2.05) is 60.7 Å². The predicted octanol–water partition coefficient (Wildman–Crippen LogP) is 5.89. The molecule has 1 aliphatic rings. The zero-order valence-electron chi connectivity index (χ0n) is 16.6. The highest BCUT2D eigenvalue weighted by molar-refractivity contribution is 6.48. The van der Waals surface area contributed by atoms with E-state index in [1.165, 1.54) is 12.1 Å². The molecular formula is C23H17ClN4O4. The maximum Gasteiger partial charge on any atom is 0.301 e. The minimum atomic E-state index is -0.689. The van der Waals surface area contributed by atoms with Gasteiger partial charge in [0.25, 0.3) is 5.69 Å². The average Bonchev–Trinajstić information content (AvgIpc) is 3.14. The van der Waals surface area contributed by atoms with Crippen LogP contribution in [0.4, 0.5) is 17.1 Å². The molecule has 1 N–H and O–H groups in total. The molecule has 3 aromatic rings. The first-order valence-corrected chi connectivity index (χ1v) is 10.1. The molecule has 0 aliphatic heterocycles. The molecule has 1 unspecified atom stereocenters. The number of non-ortho nitro benzene ring substituents is 1. The molecule has 4 rings (SSSR count). The molecule has 3 aromatic carbocycles. The van der Waals surface area contributed by atoms with Gasteiger partial charge in [0.05, 0.1) is 27.0 Å². The fourth-order valence-electron chi connectivity index (χ4n) is 3.64. The Morgan fingerprint density at radius 1 is 0.875 bits per heavy atom. The van der Waals surface area contributed by atoms with Crippen LogP contribution in [-0.4, -0.2) is 20.9 Å². The van der Waals surface area contributed by atoms with E-state index in [9.17, 15) is 20.2 Å². The monoisotopic (exact) mass is 448 g/mol. The summed E-state index contributed by atoms with van der Waals surface area (Å²) >= 11 is 6.67. The standard InChI is InChI=1S/C23H17ClN4O4/c24-19-14-18(15-7-3-1-4-8-15)22(16-9-5-2-6-10-16)23(19)26-25-20-12-11-17(27(29)30)13-21(20)28(31)32/h1-13,19,25H,14H2/b26-23-. The van der Waals surface area contributed by atoms with Crippen molar-refractivity contribution in [1.82, 2.24) is 0 Å². The second-order valence-electron chi connectivity index (χ2n) is 7.08. The number of rotatable bonds is 6. The van der Waals surface area contributed by atoms with Crippen molar-refractivity contribution in [3.8, 4) is 0 Å². The van der Waals surface area contributed by atoms with Gasteiger partial charge in [0.15, 0.2) is 0 Å². The Bertz CT molecular complexity index is 1240. The molecule has 0 saturated carbocycles. The summed E-state index contributed by atoms with van der Waals surface area (Å²) in [5.41, 5.74) is 6.30. The molecule has 0 spiro atoms. The van der Waals surface area contributed by atoms with Gasteiger partial charge in [0.2, 0.25) is 0 Å². The smallest absolute Gasteiger partial charge is 0.271 e. The summed E-state index contributed by atoms with van der Waals surface area (Å²) in [7, 11) is 0. The Morgan fingerprint density at radius 2 is 1.50 bits per heavy atom. The van der Waals surface area contributed by atoms with E-state index in [2.05, 4.69) is 10.5 Å². The van der Waals surface area contributed by atoms with Crippen LogP contribution in [-0.2, 0) is 0 Å². The van der Waals surface area contributed by atoms with E-state index >= 15 is 0 Å². The molecule has 0 bridgehead atoms. The normalized spacial score (nSPS) is 16.9. The lowest BCUT2D eigenvalue weighted by Gasteiger charge is -2.11. The Hall–Kier alpha value is -4.04. The quantitative estimate of drug-likeness (QED) is 0.287. The summed E-state index contributed by atoms with van der Waals surface area (Å²) in [6.07, 6.45) is 0.540. The van der Waals surface area contributed by atoms with Gasteiger partial charge in [0, 0.05) is 11.6 Å². The summed E-state index contributed by atoms with van der Waals surface area (Å²) in [4.78, 5) is 21.0. The number of benzene rings is 3. The minimum Gasteiger partial charge on any atom is -0.271 e. The van der Waals surface area contributed by atoms with Gasteiger partial charge in [-0.15, -0.1) is 11.6 Å². The first kappa shape index (κ1) is 21.2. The number of alkyl halides is 1. The van der Waals surface area contributed by atoms with Crippen LogP contribution in [0.15, 0.2) is 84.0 Å². The zero-order valence-corrected chi connectivity index (χ0v) is 17.4. The average molecular weight is 449 g/mol. The maximum absolute atomic E-state index is 11.4. The van der Waals surface area contributed by atoms with E-state index in [0.717, 1.165) is 28.3 Å². The predicted molar refractivity (Wildman–Crippen MR) is 125 cm³/mol. The van der Waals surface area contributed by atoms with E-state index < -0.39 is 20.9 Å². The van der Waals surface area contributed by atoms with Gasteiger partial charge in [-0.2, -0.15) is 5.10 Å². The molecule has 0 radical (unpaired) electrons. The van der Waals surface area contributed by atoms with Crippen LogP contribution in [0.3, 0.4) is 0 Å². The number of hydrogen-bond donors (Lipinski definition) is 1. The first-order valence-electron chi connectivity index (χ1n) is 9.70. The highest BCUT2D eigenvalue weighted by atomic mass is 35.5. The third-order valence-corrected chi connectivity index (χ3v) is 5.47. The maximum atomic E-state index is 11.4. The highest BCUT2D eigenvalue weighted by Crippen LogP contribution is 2.41. The van der Waals surface area contributed by atoms with Gasteiger partial charge in [-0.1, -0.05) is 60.7 Å². The molecular weight excluding hydrogens is 432 g/mol. The molecule has 9 heteroatoms. The van der Waals surface area contributed by atoms with Gasteiger partial charge in [-0.3, -0.25) is 25.7 Å². The number of halogens is 1. The van der Waals surface area contributed by atoms with Crippen molar-refractivity contribution >= 4 is 45.5 Å². The molecule has 8 nitrogen and oxygen atoms in total. The SMILES string of the molecule is O=[N+]([O-])c1ccc(N/N=C2\C(c3ccccc3)=C(c3ccccc3)CC2Cl)c([N+](=O)[O-])c1. The van der Waals surface area contributed by atoms with E-state index in [-0.39, 0.29) is 11.4 Å². The molecule has 0 fully saturated rings. The van der Waals surface area contributed by atoms with Crippen LogP contribution in [0.5, 0.6) is 0 Å². The van der Waals surface area contributed by atoms with Crippen LogP contribution < -0.4 is 5.43 Å². The molecule has 0 amide bonds. The Kier molecular flexibility index (Phi) is 5.96.